The average Bonchev–Trinajstić information content (AvgIpc) is 3.17. The van der Waals surface area contributed by atoms with Crippen LogP contribution in [0.5, 0.6) is 0 Å². The molecule has 0 saturated carbocycles. The molecule has 0 spiro atoms. The summed E-state index contributed by atoms with van der Waals surface area (Å²) in [7, 11) is 0. The molecule has 28 heavy (non-hydrogen) atoms. The summed E-state index contributed by atoms with van der Waals surface area (Å²) in [6.45, 7) is 2.09. The molecular weight excluding hydrogens is 390 g/mol. The van der Waals surface area contributed by atoms with Crippen molar-refractivity contribution in [3.05, 3.63) is 64.6 Å². The van der Waals surface area contributed by atoms with Gasteiger partial charge in [0.15, 0.2) is 0 Å². The molecule has 2 aromatic carbocycles. The van der Waals surface area contributed by atoms with Crippen molar-refractivity contribution in [1.29, 1.82) is 0 Å². The molecule has 0 radical (unpaired) electrons. The number of rotatable bonds is 5. The van der Waals surface area contributed by atoms with Crippen molar-refractivity contribution < 1.29 is 4.79 Å². The Morgan fingerprint density at radius 1 is 1.11 bits per heavy atom. The molecule has 1 aliphatic rings. The van der Waals surface area contributed by atoms with Crippen LogP contribution in [0.3, 0.4) is 0 Å². The quantitative estimate of drug-likeness (QED) is 0.591. The van der Waals surface area contributed by atoms with Crippen LogP contribution in [0.1, 0.15) is 25.0 Å². The summed E-state index contributed by atoms with van der Waals surface area (Å²) in [5, 5.41) is 6.57. The second-order valence-corrected chi connectivity index (χ2v) is 8.24. The minimum atomic E-state index is -0.0487. The molecule has 1 aromatic heterocycles. The maximum Gasteiger partial charge on any atom is 0.230 e. The third kappa shape index (κ3) is 4.54. The molecule has 6 heteroatoms. The van der Waals surface area contributed by atoms with Crippen molar-refractivity contribution in [2.75, 3.05) is 23.3 Å². The number of benzene rings is 2. The van der Waals surface area contributed by atoms with E-state index in [0.29, 0.717) is 5.02 Å². The molecule has 4 rings (SSSR count). The summed E-state index contributed by atoms with van der Waals surface area (Å²) in [6, 6.07) is 15.7. The minimum Gasteiger partial charge on any atom is -0.370 e. The smallest absolute Gasteiger partial charge is 0.230 e. The third-order valence-corrected chi connectivity index (χ3v) is 6.02. The lowest BCUT2D eigenvalue weighted by Crippen LogP contribution is -2.30. The van der Waals surface area contributed by atoms with Crippen LogP contribution in [-0.2, 0) is 11.2 Å². The molecule has 1 N–H and O–H groups in total. The summed E-state index contributed by atoms with van der Waals surface area (Å²) in [5.41, 5.74) is 3.72. The highest BCUT2D eigenvalue weighted by Crippen LogP contribution is 2.29. The molecule has 4 nitrogen and oxygen atoms in total. The minimum absolute atomic E-state index is 0.0487. The normalized spacial score (nSPS) is 14.1. The summed E-state index contributed by atoms with van der Waals surface area (Å²) >= 11 is 7.59. The number of thiazole rings is 1. The molecule has 0 bridgehead atoms. The van der Waals surface area contributed by atoms with Gasteiger partial charge >= 0.3 is 0 Å². The number of hydrogen-bond acceptors (Lipinski definition) is 4. The summed E-state index contributed by atoms with van der Waals surface area (Å²) in [4.78, 5) is 19.6. The molecule has 1 saturated heterocycles. The van der Waals surface area contributed by atoms with E-state index in [1.54, 1.807) is 0 Å². The van der Waals surface area contributed by atoms with Crippen molar-refractivity contribution in [2.45, 2.75) is 25.7 Å². The number of halogens is 1. The van der Waals surface area contributed by atoms with Gasteiger partial charge in [-0.2, -0.15) is 0 Å². The van der Waals surface area contributed by atoms with Crippen LogP contribution in [0.15, 0.2) is 53.9 Å². The number of hydrogen-bond donors (Lipinski definition) is 1. The van der Waals surface area contributed by atoms with Crippen LogP contribution >= 0.6 is 22.9 Å². The summed E-state index contributed by atoms with van der Waals surface area (Å²) < 4.78 is 0. The van der Waals surface area contributed by atoms with Crippen LogP contribution in [0, 0.1) is 0 Å². The van der Waals surface area contributed by atoms with Gasteiger partial charge in [-0.15, -0.1) is 11.3 Å². The van der Waals surface area contributed by atoms with Gasteiger partial charge in [0.2, 0.25) is 5.91 Å². The number of para-hydroxylation sites is 2. The molecule has 0 unspecified atom stereocenters. The predicted octanol–water partition coefficient (Wildman–Crippen LogP) is 5.64. The lowest BCUT2D eigenvalue weighted by atomic mass is 10.1. The lowest BCUT2D eigenvalue weighted by molar-refractivity contribution is -0.115. The molecule has 0 aliphatic carbocycles. The van der Waals surface area contributed by atoms with Crippen molar-refractivity contribution in [1.82, 2.24) is 4.98 Å². The first-order chi connectivity index (χ1) is 13.7. The fourth-order valence-corrected chi connectivity index (χ4v) is 4.50. The van der Waals surface area contributed by atoms with Crippen LogP contribution in [0.2, 0.25) is 5.02 Å². The van der Waals surface area contributed by atoms with Gasteiger partial charge in [-0.25, -0.2) is 4.98 Å². The second kappa shape index (κ2) is 8.76. The molecule has 1 amide bonds. The van der Waals surface area contributed by atoms with Gasteiger partial charge in [-0.1, -0.05) is 35.9 Å². The van der Waals surface area contributed by atoms with E-state index in [1.165, 1.54) is 30.6 Å². The molecule has 0 atom stereocenters. The maximum atomic E-state index is 12.6. The zero-order chi connectivity index (χ0) is 19.3. The number of amides is 1. The van der Waals surface area contributed by atoms with Crippen molar-refractivity contribution in [2.24, 2.45) is 0 Å². The lowest BCUT2D eigenvalue weighted by Gasteiger charge is -2.30. The van der Waals surface area contributed by atoms with Crippen molar-refractivity contribution in [3.63, 3.8) is 0 Å². The first-order valence-electron chi connectivity index (χ1n) is 9.53. The molecule has 1 fully saturated rings. The van der Waals surface area contributed by atoms with Crippen LogP contribution in [0.25, 0.3) is 10.6 Å². The number of nitrogens with zero attached hydrogens (tertiary/aromatic N) is 2. The van der Waals surface area contributed by atoms with Gasteiger partial charge in [-0.05, 0) is 43.5 Å². The van der Waals surface area contributed by atoms with E-state index in [4.69, 9.17) is 11.6 Å². The maximum absolute atomic E-state index is 12.6. The summed E-state index contributed by atoms with van der Waals surface area (Å²) in [6.07, 6.45) is 3.94. The van der Waals surface area contributed by atoms with Gasteiger partial charge in [0.1, 0.15) is 5.01 Å². The van der Waals surface area contributed by atoms with Crippen LogP contribution in [-0.4, -0.2) is 24.0 Å². The fraction of sp³-hybridized carbons (Fsp3) is 0.273. The number of carbonyl (C=O) groups excluding carboxylic acids is 1. The van der Waals surface area contributed by atoms with E-state index in [-0.39, 0.29) is 12.3 Å². The molecule has 144 valence electrons. The highest BCUT2D eigenvalue weighted by Gasteiger charge is 2.16. The Kier molecular flexibility index (Phi) is 5.93. The number of nitrogens with one attached hydrogen (secondary N) is 1. The molecule has 3 aromatic rings. The standard InChI is InChI=1S/C22H22ClN3OS/c23-17-8-6-7-16(13-17)22-24-18(15-28-22)14-21(27)25-19-9-2-3-10-20(19)26-11-4-1-5-12-26/h2-3,6-10,13,15H,1,4-5,11-12,14H2,(H,25,27). The predicted molar refractivity (Wildman–Crippen MR) is 117 cm³/mol. The fourth-order valence-electron chi connectivity index (χ4n) is 3.49. The molecular formula is C22H22ClN3OS. The average molecular weight is 412 g/mol. The van der Waals surface area contributed by atoms with Crippen LogP contribution in [0.4, 0.5) is 11.4 Å². The Bertz CT molecular complexity index is 966. The van der Waals surface area contributed by atoms with E-state index >= 15 is 0 Å². The SMILES string of the molecule is O=C(Cc1csc(-c2cccc(Cl)c2)n1)Nc1ccccc1N1CCCCC1. The Hall–Kier alpha value is -2.37. The van der Waals surface area contributed by atoms with Gasteiger partial charge in [0.25, 0.3) is 0 Å². The zero-order valence-electron chi connectivity index (χ0n) is 15.5. The molecule has 2 heterocycles. The van der Waals surface area contributed by atoms with Crippen LogP contribution < -0.4 is 10.2 Å². The van der Waals surface area contributed by atoms with Gasteiger partial charge in [0.05, 0.1) is 23.5 Å². The summed E-state index contributed by atoms with van der Waals surface area (Å²) in [5.74, 6) is -0.0487. The largest absolute Gasteiger partial charge is 0.370 e. The Morgan fingerprint density at radius 2 is 1.93 bits per heavy atom. The Labute approximate surface area is 174 Å². The highest BCUT2D eigenvalue weighted by atomic mass is 35.5. The number of carbonyl (C=O) groups is 1. The number of aromatic nitrogens is 1. The van der Waals surface area contributed by atoms with E-state index in [9.17, 15) is 4.79 Å². The van der Waals surface area contributed by atoms with E-state index in [2.05, 4.69) is 21.3 Å². The second-order valence-electron chi connectivity index (χ2n) is 6.94. The Balaban J connectivity index is 1.44. The third-order valence-electron chi connectivity index (χ3n) is 4.84. The van der Waals surface area contributed by atoms with E-state index in [0.717, 1.165) is 40.7 Å². The van der Waals surface area contributed by atoms with E-state index < -0.39 is 0 Å². The Morgan fingerprint density at radius 3 is 2.75 bits per heavy atom. The monoisotopic (exact) mass is 411 g/mol. The topological polar surface area (TPSA) is 45.2 Å². The van der Waals surface area contributed by atoms with Gasteiger partial charge in [0, 0.05) is 29.1 Å². The zero-order valence-corrected chi connectivity index (χ0v) is 17.1. The van der Waals surface area contributed by atoms with E-state index in [1.807, 2.05) is 47.8 Å². The molecule has 1 aliphatic heterocycles. The van der Waals surface area contributed by atoms with Crippen molar-refractivity contribution >= 4 is 40.2 Å². The highest BCUT2D eigenvalue weighted by molar-refractivity contribution is 7.13. The van der Waals surface area contributed by atoms with Gasteiger partial charge in [-0.3, -0.25) is 4.79 Å². The van der Waals surface area contributed by atoms with Crippen molar-refractivity contribution in [3.8, 4) is 10.6 Å². The first kappa shape index (κ1) is 19.0. The van der Waals surface area contributed by atoms with Gasteiger partial charge < -0.3 is 10.2 Å². The number of anilines is 2. The number of piperidine rings is 1. The first-order valence-corrected chi connectivity index (χ1v) is 10.8.